The second kappa shape index (κ2) is 4.13. The summed E-state index contributed by atoms with van der Waals surface area (Å²) in [5.41, 5.74) is 6.53. The van der Waals surface area contributed by atoms with Crippen LogP contribution in [-0.2, 0) is 10.2 Å². The molecule has 0 bridgehead atoms. The number of hydrogen-bond donors (Lipinski definition) is 2. The summed E-state index contributed by atoms with van der Waals surface area (Å²) in [7, 11) is -2.35. The van der Waals surface area contributed by atoms with Crippen LogP contribution in [-0.4, -0.2) is 20.5 Å². The molecule has 0 radical (unpaired) electrons. The van der Waals surface area contributed by atoms with Gasteiger partial charge in [0.1, 0.15) is 4.99 Å². The van der Waals surface area contributed by atoms with E-state index >= 15 is 0 Å². The van der Waals surface area contributed by atoms with E-state index in [1.54, 1.807) is 24.3 Å². The van der Waals surface area contributed by atoms with Crippen LogP contribution in [0.2, 0.25) is 0 Å². The fraction of sp³-hybridized carbons (Fsp3) is 0.125. The SMILES string of the molecule is CN(c1ccc(C(N)=S)cc1)S(N)(=O)=O. The molecule has 0 aliphatic rings. The molecule has 0 amide bonds. The van der Waals surface area contributed by atoms with Crippen molar-refractivity contribution in [2.24, 2.45) is 10.9 Å². The van der Waals surface area contributed by atoms with E-state index in [9.17, 15) is 8.42 Å². The Morgan fingerprint density at radius 2 is 1.80 bits per heavy atom. The summed E-state index contributed by atoms with van der Waals surface area (Å²) in [6.45, 7) is 0. The lowest BCUT2D eigenvalue weighted by atomic mass is 10.2. The number of hydrogen-bond acceptors (Lipinski definition) is 3. The number of benzene rings is 1. The van der Waals surface area contributed by atoms with E-state index in [2.05, 4.69) is 0 Å². The monoisotopic (exact) mass is 245 g/mol. The van der Waals surface area contributed by atoms with Gasteiger partial charge in [-0.1, -0.05) is 12.2 Å². The lowest BCUT2D eigenvalue weighted by molar-refractivity contribution is 0.596. The minimum atomic E-state index is -3.72. The van der Waals surface area contributed by atoms with Crippen molar-refractivity contribution in [3.63, 3.8) is 0 Å². The van der Waals surface area contributed by atoms with Crippen molar-refractivity contribution in [2.75, 3.05) is 11.4 Å². The Bertz CT molecular complexity index is 467. The Labute approximate surface area is 93.9 Å². The van der Waals surface area contributed by atoms with E-state index in [-0.39, 0.29) is 4.99 Å². The van der Waals surface area contributed by atoms with Crippen molar-refractivity contribution in [3.05, 3.63) is 29.8 Å². The van der Waals surface area contributed by atoms with E-state index in [4.69, 9.17) is 23.1 Å². The van der Waals surface area contributed by atoms with Crippen molar-refractivity contribution >= 4 is 33.1 Å². The summed E-state index contributed by atoms with van der Waals surface area (Å²) >= 11 is 4.77. The molecule has 0 saturated heterocycles. The van der Waals surface area contributed by atoms with E-state index in [1.807, 2.05) is 0 Å². The van der Waals surface area contributed by atoms with Gasteiger partial charge in [0.25, 0.3) is 10.2 Å². The smallest absolute Gasteiger partial charge is 0.298 e. The molecule has 82 valence electrons. The first-order chi connectivity index (χ1) is 6.82. The van der Waals surface area contributed by atoms with Crippen molar-refractivity contribution in [1.82, 2.24) is 0 Å². The van der Waals surface area contributed by atoms with Crippen molar-refractivity contribution in [2.45, 2.75) is 0 Å². The molecule has 0 aromatic heterocycles. The summed E-state index contributed by atoms with van der Waals surface area (Å²) in [6.07, 6.45) is 0. The molecule has 1 aromatic rings. The Balaban J connectivity index is 3.05. The Morgan fingerprint density at radius 3 is 2.13 bits per heavy atom. The van der Waals surface area contributed by atoms with Gasteiger partial charge in [-0.25, -0.2) is 5.14 Å². The number of rotatable bonds is 3. The summed E-state index contributed by atoms with van der Waals surface area (Å²) < 4.78 is 23.0. The summed E-state index contributed by atoms with van der Waals surface area (Å²) in [5.74, 6) is 0. The molecule has 0 fully saturated rings. The number of thiocarbonyl (C=S) groups is 1. The Kier molecular flexibility index (Phi) is 3.28. The zero-order valence-electron chi connectivity index (χ0n) is 8.04. The molecule has 7 heteroatoms. The number of nitrogens with two attached hydrogens (primary N) is 2. The van der Waals surface area contributed by atoms with Gasteiger partial charge < -0.3 is 5.73 Å². The normalized spacial score (nSPS) is 11.1. The third kappa shape index (κ3) is 2.88. The topological polar surface area (TPSA) is 89.4 Å². The standard InChI is InChI=1S/C8H11N3O2S2/c1-11(15(10,12)13)7-4-2-6(3-5-7)8(9)14/h2-5H,1H3,(H2,9,14)(H2,10,12,13). The zero-order chi connectivity index (χ0) is 11.6. The molecule has 5 nitrogen and oxygen atoms in total. The minimum absolute atomic E-state index is 0.264. The van der Waals surface area contributed by atoms with Crippen LogP contribution in [0.15, 0.2) is 24.3 Å². The Morgan fingerprint density at radius 1 is 1.33 bits per heavy atom. The molecule has 1 rings (SSSR count). The fourth-order valence-corrected chi connectivity index (χ4v) is 1.53. The van der Waals surface area contributed by atoms with Crippen LogP contribution in [0.25, 0.3) is 0 Å². The van der Waals surface area contributed by atoms with Gasteiger partial charge >= 0.3 is 0 Å². The van der Waals surface area contributed by atoms with Gasteiger partial charge in [0.05, 0.1) is 5.69 Å². The minimum Gasteiger partial charge on any atom is -0.389 e. The largest absolute Gasteiger partial charge is 0.389 e. The molecule has 0 heterocycles. The van der Waals surface area contributed by atoms with Crippen LogP contribution in [0.4, 0.5) is 5.69 Å². The van der Waals surface area contributed by atoms with E-state index in [0.29, 0.717) is 11.3 Å². The summed E-state index contributed by atoms with van der Waals surface area (Å²) in [4.78, 5) is 0.264. The first kappa shape index (κ1) is 11.9. The molecule has 0 atom stereocenters. The highest BCUT2D eigenvalue weighted by Crippen LogP contribution is 2.15. The molecule has 15 heavy (non-hydrogen) atoms. The van der Waals surface area contributed by atoms with Gasteiger partial charge in [-0.15, -0.1) is 0 Å². The highest BCUT2D eigenvalue weighted by molar-refractivity contribution is 7.90. The van der Waals surface area contributed by atoms with E-state index < -0.39 is 10.2 Å². The lowest BCUT2D eigenvalue weighted by Crippen LogP contribution is -2.33. The third-order valence-electron chi connectivity index (χ3n) is 1.90. The van der Waals surface area contributed by atoms with Gasteiger partial charge in [0, 0.05) is 12.6 Å². The molecule has 0 unspecified atom stereocenters. The van der Waals surface area contributed by atoms with E-state index in [1.165, 1.54) is 7.05 Å². The Hall–Kier alpha value is -1.18. The van der Waals surface area contributed by atoms with Crippen molar-refractivity contribution < 1.29 is 8.42 Å². The predicted octanol–water partition coefficient (Wildman–Crippen LogP) is -0.0395. The van der Waals surface area contributed by atoms with Gasteiger partial charge in [0.2, 0.25) is 0 Å². The second-order valence-corrected chi connectivity index (χ2v) is 4.94. The van der Waals surface area contributed by atoms with Crippen LogP contribution in [0, 0.1) is 0 Å². The molecule has 0 spiro atoms. The van der Waals surface area contributed by atoms with Crippen molar-refractivity contribution in [3.8, 4) is 0 Å². The van der Waals surface area contributed by atoms with Crippen LogP contribution in [0.3, 0.4) is 0 Å². The summed E-state index contributed by atoms with van der Waals surface area (Å²) in [5, 5.41) is 4.96. The lowest BCUT2D eigenvalue weighted by Gasteiger charge is -2.15. The molecule has 0 saturated carbocycles. The van der Waals surface area contributed by atoms with E-state index in [0.717, 1.165) is 4.31 Å². The quantitative estimate of drug-likeness (QED) is 0.731. The highest BCUT2D eigenvalue weighted by atomic mass is 32.2. The molecule has 0 aliphatic carbocycles. The maximum atomic E-state index is 11.0. The fourth-order valence-electron chi connectivity index (χ4n) is 0.983. The number of nitrogens with zero attached hydrogens (tertiary/aromatic N) is 1. The average molecular weight is 245 g/mol. The third-order valence-corrected chi connectivity index (χ3v) is 3.11. The molecular formula is C8H11N3O2S2. The first-order valence-electron chi connectivity index (χ1n) is 3.99. The van der Waals surface area contributed by atoms with Crippen LogP contribution < -0.4 is 15.2 Å². The maximum absolute atomic E-state index is 11.0. The predicted molar refractivity (Wildman–Crippen MR) is 63.8 cm³/mol. The first-order valence-corrected chi connectivity index (χ1v) is 5.90. The average Bonchev–Trinajstić information content (AvgIpc) is 2.15. The highest BCUT2D eigenvalue weighted by Gasteiger charge is 2.11. The van der Waals surface area contributed by atoms with Crippen LogP contribution in [0.5, 0.6) is 0 Å². The van der Waals surface area contributed by atoms with Gasteiger partial charge in [-0.3, -0.25) is 4.31 Å². The maximum Gasteiger partial charge on any atom is 0.298 e. The van der Waals surface area contributed by atoms with Gasteiger partial charge in [-0.2, -0.15) is 8.42 Å². The van der Waals surface area contributed by atoms with Crippen LogP contribution >= 0.6 is 12.2 Å². The van der Waals surface area contributed by atoms with Gasteiger partial charge in [0.15, 0.2) is 0 Å². The van der Waals surface area contributed by atoms with Crippen molar-refractivity contribution in [1.29, 1.82) is 0 Å². The molecule has 1 aromatic carbocycles. The number of anilines is 1. The van der Waals surface area contributed by atoms with Gasteiger partial charge in [-0.05, 0) is 24.3 Å². The molecular weight excluding hydrogens is 234 g/mol. The summed E-state index contributed by atoms with van der Waals surface area (Å²) in [6, 6.07) is 6.44. The molecule has 4 N–H and O–H groups in total. The van der Waals surface area contributed by atoms with Crippen LogP contribution in [0.1, 0.15) is 5.56 Å². The zero-order valence-corrected chi connectivity index (χ0v) is 9.68. The second-order valence-electron chi connectivity index (χ2n) is 2.92. The molecule has 0 aliphatic heterocycles.